The molecule has 2 rings (SSSR count). The van der Waals surface area contributed by atoms with Crippen molar-refractivity contribution in [3.05, 3.63) is 41.2 Å². The molecule has 0 aromatic carbocycles. The van der Waals surface area contributed by atoms with E-state index in [1.165, 1.54) is 0 Å². The normalized spacial score (nSPS) is 12.6. The second-order valence-corrected chi connectivity index (χ2v) is 4.47. The molecule has 0 saturated carbocycles. The fourth-order valence-corrected chi connectivity index (χ4v) is 2.34. The molecule has 0 aliphatic heterocycles. The van der Waals surface area contributed by atoms with Crippen LogP contribution in [0, 0.1) is 6.92 Å². The molecule has 0 fully saturated rings. The Balaban J connectivity index is 2.66. The van der Waals surface area contributed by atoms with Crippen LogP contribution in [-0.2, 0) is 9.47 Å². The number of fused-ring (bicyclic) bond motifs is 1. The lowest BCUT2D eigenvalue weighted by molar-refractivity contribution is 0.0524. The number of carbonyl (C=O) groups is 1. The first-order chi connectivity index (χ1) is 9.10. The van der Waals surface area contributed by atoms with Crippen molar-refractivity contribution >= 4 is 11.5 Å². The van der Waals surface area contributed by atoms with Gasteiger partial charge in [-0.05, 0) is 44.5 Å². The van der Waals surface area contributed by atoms with Gasteiger partial charge in [0.1, 0.15) is 0 Å². The third-order valence-corrected chi connectivity index (χ3v) is 3.35. The van der Waals surface area contributed by atoms with Crippen LogP contribution in [0.25, 0.3) is 5.52 Å². The first-order valence-corrected chi connectivity index (χ1v) is 6.40. The Morgan fingerprint density at radius 3 is 2.84 bits per heavy atom. The number of pyridine rings is 1. The van der Waals surface area contributed by atoms with E-state index < -0.39 is 0 Å². The molecule has 2 aromatic heterocycles. The van der Waals surface area contributed by atoms with Gasteiger partial charge in [0.25, 0.3) is 0 Å². The van der Waals surface area contributed by atoms with Gasteiger partial charge < -0.3 is 13.9 Å². The summed E-state index contributed by atoms with van der Waals surface area (Å²) in [5, 5.41) is 0. The summed E-state index contributed by atoms with van der Waals surface area (Å²) in [6.45, 7) is 6.08. The molecule has 4 heteroatoms. The Morgan fingerprint density at radius 2 is 2.21 bits per heavy atom. The largest absolute Gasteiger partial charge is 0.462 e. The highest BCUT2D eigenvalue weighted by Gasteiger charge is 2.19. The summed E-state index contributed by atoms with van der Waals surface area (Å²) in [5.74, 6) is -0.284. The highest BCUT2D eigenvalue weighted by Crippen LogP contribution is 2.26. The Kier molecular flexibility index (Phi) is 3.90. The van der Waals surface area contributed by atoms with Crippen molar-refractivity contribution in [3.8, 4) is 0 Å². The molecule has 0 bridgehead atoms. The van der Waals surface area contributed by atoms with Crippen LogP contribution in [0.4, 0.5) is 0 Å². The van der Waals surface area contributed by atoms with Gasteiger partial charge in [-0.3, -0.25) is 0 Å². The Morgan fingerprint density at radius 1 is 1.47 bits per heavy atom. The zero-order valence-corrected chi connectivity index (χ0v) is 11.8. The van der Waals surface area contributed by atoms with Crippen LogP contribution < -0.4 is 0 Å². The first kappa shape index (κ1) is 13.6. The number of aromatic nitrogens is 1. The minimum absolute atomic E-state index is 0.0933. The number of rotatable bonds is 4. The van der Waals surface area contributed by atoms with Gasteiger partial charge >= 0.3 is 5.97 Å². The topological polar surface area (TPSA) is 39.9 Å². The molecule has 0 spiro atoms. The predicted molar refractivity (Wildman–Crippen MR) is 73.5 cm³/mol. The van der Waals surface area contributed by atoms with Crippen molar-refractivity contribution in [2.75, 3.05) is 13.7 Å². The minimum atomic E-state index is -0.284. The average molecular weight is 261 g/mol. The van der Waals surface area contributed by atoms with Crippen molar-refractivity contribution in [2.24, 2.45) is 0 Å². The number of hydrogen-bond acceptors (Lipinski definition) is 3. The molecule has 0 aliphatic rings. The minimum Gasteiger partial charge on any atom is -0.462 e. The third kappa shape index (κ3) is 2.36. The van der Waals surface area contributed by atoms with Crippen LogP contribution in [0.1, 0.15) is 41.6 Å². The Hall–Kier alpha value is -1.81. The van der Waals surface area contributed by atoms with Crippen LogP contribution in [0.5, 0.6) is 0 Å². The number of hydrogen-bond donors (Lipinski definition) is 0. The molecule has 2 heterocycles. The summed E-state index contributed by atoms with van der Waals surface area (Å²) in [5.41, 5.74) is 3.45. The molecular weight excluding hydrogens is 242 g/mol. The van der Waals surface area contributed by atoms with Crippen LogP contribution >= 0.6 is 0 Å². The molecule has 2 aromatic rings. The number of ether oxygens (including phenoxy) is 2. The van der Waals surface area contributed by atoms with Crippen LogP contribution in [0.2, 0.25) is 0 Å². The second-order valence-electron chi connectivity index (χ2n) is 4.47. The highest BCUT2D eigenvalue weighted by atomic mass is 16.5. The summed E-state index contributed by atoms with van der Waals surface area (Å²) < 4.78 is 12.6. The van der Waals surface area contributed by atoms with Gasteiger partial charge in [0.15, 0.2) is 0 Å². The lowest BCUT2D eigenvalue weighted by Crippen LogP contribution is -2.13. The van der Waals surface area contributed by atoms with E-state index in [0.29, 0.717) is 12.2 Å². The summed E-state index contributed by atoms with van der Waals surface area (Å²) >= 11 is 0. The van der Waals surface area contributed by atoms with Gasteiger partial charge in [-0.15, -0.1) is 0 Å². The Labute approximate surface area is 112 Å². The van der Waals surface area contributed by atoms with Crippen molar-refractivity contribution in [1.29, 1.82) is 0 Å². The fraction of sp³-hybridized carbons (Fsp3) is 0.400. The maximum absolute atomic E-state index is 12.0. The molecule has 0 aliphatic carbocycles. The summed E-state index contributed by atoms with van der Waals surface area (Å²) in [6, 6.07) is 5.78. The first-order valence-electron chi connectivity index (χ1n) is 6.40. The van der Waals surface area contributed by atoms with Gasteiger partial charge in [-0.1, -0.05) is 0 Å². The molecule has 0 amide bonds. The predicted octanol–water partition coefficient (Wildman–Crippen LogP) is 3.13. The zero-order valence-electron chi connectivity index (χ0n) is 11.8. The smallest absolute Gasteiger partial charge is 0.338 e. The molecule has 1 atom stereocenters. The van der Waals surface area contributed by atoms with Gasteiger partial charge in [0, 0.05) is 18.8 Å². The monoisotopic (exact) mass is 261 g/mol. The number of nitrogens with zero attached hydrogens (tertiary/aromatic N) is 1. The van der Waals surface area contributed by atoms with Gasteiger partial charge in [-0.25, -0.2) is 4.79 Å². The lowest BCUT2D eigenvalue weighted by Gasteiger charge is -2.18. The molecule has 0 saturated heterocycles. The maximum atomic E-state index is 12.0. The van der Waals surface area contributed by atoms with Gasteiger partial charge in [0.05, 0.1) is 24.0 Å². The van der Waals surface area contributed by atoms with E-state index >= 15 is 0 Å². The number of esters is 1. The quantitative estimate of drug-likeness (QED) is 0.794. The van der Waals surface area contributed by atoms with Crippen LogP contribution in [0.3, 0.4) is 0 Å². The zero-order chi connectivity index (χ0) is 14.0. The highest BCUT2D eigenvalue weighted by molar-refractivity contribution is 5.92. The maximum Gasteiger partial charge on any atom is 0.338 e. The fourth-order valence-electron chi connectivity index (χ4n) is 2.34. The van der Waals surface area contributed by atoms with E-state index in [-0.39, 0.29) is 12.1 Å². The van der Waals surface area contributed by atoms with E-state index in [2.05, 4.69) is 0 Å². The standard InChI is InChI=1S/C15H19NO3/c1-5-19-15(17)13-9-12-7-6-8-16(12)14(10(13)2)11(3)18-4/h6-9,11H,5H2,1-4H3. The van der Waals surface area contributed by atoms with Crippen molar-refractivity contribution < 1.29 is 14.3 Å². The summed E-state index contributed by atoms with van der Waals surface area (Å²) in [4.78, 5) is 12.0. The van der Waals surface area contributed by atoms with Gasteiger partial charge in [0.2, 0.25) is 0 Å². The average Bonchev–Trinajstić information content (AvgIpc) is 2.85. The van der Waals surface area contributed by atoms with E-state index in [1.54, 1.807) is 7.11 Å². The van der Waals surface area contributed by atoms with Crippen LogP contribution in [0.15, 0.2) is 24.4 Å². The van der Waals surface area contributed by atoms with Gasteiger partial charge in [-0.2, -0.15) is 0 Å². The molecule has 102 valence electrons. The Bertz CT molecular complexity index is 601. The number of carbonyl (C=O) groups excluding carboxylic acids is 1. The second kappa shape index (κ2) is 5.45. The third-order valence-electron chi connectivity index (χ3n) is 3.35. The SMILES string of the molecule is CCOC(=O)c1cc2cccn2c(C(C)OC)c1C. The molecule has 0 radical (unpaired) electrons. The summed E-state index contributed by atoms with van der Waals surface area (Å²) in [6.07, 6.45) is 1.88. The van der Waals surface area contributed by atoms with Crippen LogP contribution in [-0.4, -0.2) is 24.1 Å². The van der Waals surface area contributed by atoms with E-state index in [0.717, 1.165) is 16.8 Å². The van der Waals surface area contributed by atoms with Crippen molar-refractivity contribution in [2.45, 2.75) is 26.9 Å². The molecule has 19 heavy (non-hydrogen) atoms. The van der Waals surface area contributed by atoms with Crippen molar-refractivity contribution in [1.82, 2.24) is 4.40 Å². The molecule has 1 unspecified atom stereocenters. The summed E-state index contributed by atoms with van der Waals surface area (Å²) in [7, 11) is 1.66. The van der Waals surface area contributed by atoms with Crippen molar-refractivity contribution in [3.63, 3.8) is 0 Å². The lowest BCUT2D eigenvalue weighted by atomic mass is 10.0. The number of methoxy groups -OCH3 is 1. The molecular formula is C15H19NO3. The van der Waals surface area contributed by atoms with E-state index in [4.69, 9.17) is 9.47 Å². The molecule has 0 N–H and O–H groups in total. The van der Waals surface area contributed by atoms with E-state index in [9.17, 15) is 4.79 Å². The molecule has 4 nitrogen and oxygen atoms in total. The van der Waals surface area contributed by atoms with E-state index in [1.807, 2.05) is 49.6 Å².